The van der Waals surface area contributed by atoms with Gasteiger partial charge in [-0.3, -0.25) is 4.99 Å². The first-order valence-electron chi connectivity index (χ1n) is 15.9. The Hall–Kier alpha value is -2.29. The van der Waals surface area contributed by atoms with E-state index in [1.54, 1.807) is 6.21 Å². The van der Waals surface area contributed by atoms with Gasteiger partial charge in [0.2, 0.25) is 0 Å². The summed E-state index contributed by atoms with van der Waals surface area (Å²) in [6.45, 7) is 52.5. The van der Waals surface area contributed by atoms with E-state index in [9.17, 15) is 0 Å². The average molecular weight is 576 g/mol. The van der Waals surface area contributed by atoms with Gasteiger partial charge in [-0.15, -0.1) is 19.7 Å². The minimum absolute atomic E-state index is 0.420. The lowest BCUT2D eigenvalue weighted by molar-refractivity contribution is 0.346. The normalized spacial score (nSPS) is 13.6. The molecule has 0 spiro atoms. The highest BCUT2D eigenvalue weighted by atomic mass is 15.2. The van der Waals surface area contributed by atoms with Gasteiger partial charge < -0.3 is 10.2 Å². The van der Waals surface area contributed by atoms with Crippen LogP contribution in [0.2, 0.25) is 0 Å². The summed E-state index contributed by atoms with van der Waals surface area (Å²) in [7, 11) is 0. The molecular formula is C38H77N3. The van der Waals surface area contributed by atoms with Crippen molar-refractivity contribution >= 4 is 6.21 Å². The molecule has 0 saturated carbocycles. The van der Waals surface area contributed by atoms with Gasteiger partial charge in [-0.2, -0.15) is 0 Å². The Kier molecular flexibility index (Phi) is 47.3. The van der Waals surface area contributed by atoms with Crippen molar-refractivity contribution in [1.29, 1.82) is 0 Å². The van der Waals surface area contributed by atoms with Crippen LogP contribution in [0.15, 0.2) is 77.8 Å². The van der Waals surface area contributed by atoms with Gasteiger partial charge in [0.1, 0.15) is 0 Å². The van der Waals surface area contributed by atoms with E-state index in [1.807, 2.05) is 68.4 Å². The van der Waals surface area contributed by atoms with Crippen molar-refractivity contribution in [2.45, 2.75) is 137 Å². The second kappa shape index (κ2) is 37.7. The van der Waals surface area contributed by atoms with Crippen molar-refractivity contribution in [2.24, 2.45) is 16.3 Å². The standard InChI is InChI=1S/C18H32N2.C6H11N.C4H8.C4H10.2C2H6.C2H4/c1-14(2)12-19-16(5)8-9-17(15(3)4)20-11-10-18(6,7)13-20;1-4-6(3)7-5-2;1-4(2)3;1-3-4-2;3*1-2/h8-9,14,19H,3,10-13H2,1-2,4-7H3;4-5H,1-3H3;1H2,2-3H3;3-4H2,1-2H3;2*1-2H3;1-2H2/b16-8+,17-9+;6-4-,7-5?;;;;;. The monoisotopic (exact) mass is 576 g/mol. The smallest absolute Gasteiger partial charge is 0.0390 e. The van der Waals surface area contributed by atoms with E-state index >= 15 is 0 Å². The quantitative estimate of drug-likeness (QED) is 0.177. The van der Waals surface area contributed by atoms with Crippen LogP contribution in [0.3, 0.4) is 0 Å². The van der Waals surface area contributed by atoms with Gasteiger partial charge in [-0.05, 0) is 83.9 Å². The fraction of sp³-hybridized carbons (Fsp3) is 0.658. The van der Waals surface area contributed by atoms with Crippen molar-refractivity contribution in [3.8, 4) is 0 Å². The lowest BCUT2D eigenvalue weighted by atomic mass is 9.93. The largest absolute Gasteiger partial charge is 0.388 e. The molecule has 0 bridgehead atoms. The third-order valence-electron chi connectivity index (χ3n) is 4.99. The molecule has 1 saturated heterocycles. The van der Waals surface area contributed by atoms with Gasteiger partial charge in [0.25, 0.3) is 0 Å². The molecule has 1 aliphatic rings. The molecule has 0 amide bonds. The van der Waals surface area contributed by atoms with Gasteiger partial charge >= 0.3 is 0 Å². The molecule has 0 radical (unpaired) electrons. The van der Waals surface area contributed by atoms with Crippen LogP contribution in [-0.2, 0) is 0 Å². The Labute approximate surface area is 261 Å². The third kappa shape index (κ3) is 44.9. The van der Waals surface area contributed by atoms with Crippen LogP contribution >= 0.6 is 0 Å². The maximum absolute atomic E-state index is 4.14. The van der Waals surface area contributed by atoms with E-state index < -0.39 is 0 Å². The third-order valence-corrected chi connectivity index (χ3v) is 4.99. The first-order chi connectivity index (χ1) is 19.2. The minimum Gasteiger partial charge on any atom is -0.388 e. The topological polar surface area (TPSA) is 27.6 Å². The van der Waals surface area contributed by atoms with Crippen LogP contribution in [0.25, 0.3) is 0 Å². The van der Waals surface area contributed by atoms with E-state index in [0.29, 0.717) is 11.3 Å². The number of likely N-dealkylation sites (tertiary alicyclic amines) is 1. The Balaban J connectivity index is -0.000000120. The van der Waals surface area contributed by atoms with E-state index in [1.165, 1.54) is 36.2 Å². The molecule has 0 atom stereocenters. The van der Waals surface area contributed by atoms with Crippen molar-refractivity contribution in [3.05, 3.63) is 72.8 Å². The zero-order chi connectivity index (χ0) is 34.0. The number of hydrogen-bond acceptors (Lipinski definition) is 3. The van der Waals surface area contributed by atoms with E-state index in [2.05, 4.69) is 109 Å². The predicted molar refractivity (Wildman–Crippen MR) is 198 cm³/mol. The molecule has 1 rings (SSSR count). The lowest BCUT2D eigenvalue weighted by Gasteiger charge is -2.24. The number of hydrogen-bond donors (Lipinski definition) is 1. The molecule has 3 nitrogen and oxygen atoms in total. The first kappa shape index (κ1) is 51.4. The fourth-order valence-electron chi connectivity index (χ4n) is 2.74. The molecule has 1 aliphatic heterocycles. The molecule has 0 aromatic heterocycles. The summed E-state index contributed by atoms with van der Waals surface area (Å²) in [5, 5.41) is 3.45. The predicted octanol–water partition coefficient (Wildman–Crippen LogP) is 12.6. The van der Waals surface area contributed by atoms with E-state index in [0.717, 1.165) is 30.9 Å². The van der Waals surface area contributed by atoms with Crippen molar-refractivity contribution in [3.63, 3.8) is 0 Å². The molecule has 0 unspecified atom stereocenters. The Bertz CT molecular complexity index is 697. The van der Waals surface area contributed by atoms with Gasteiger partial charge in [0.15, 0.2) is 0 Å². The summed E-state index contributed by atoms with van der Waals surface area (Å²) in [5.41, 5.74) is 6.30. The van der Waals surface area contributed by atoms with Gasteiger partial charge in [0.05, 0.1) is 0 Å². The van der Waals surface area contributed by atoms with Crippen LogP contribution in [0.5, 0.6) is 0 Å². The Morgan fingerprint density at radius 2 is 1.34 bits per heavy atom. The van der Waals surface area contributed by atoms with Crippen molar-refractivity contribution in [2.75, 3.05) is 19.6 Å². The Morgan fingerprint density at radius 1 is 0.902 bits per heavy atom. The number of unbranched alkanes of at least 4 members (excludes halogenated alkanes) is 1. The second-order valence-corrected chi connectivity index (χ2v) is 10.8. The second-order valence-electron chi connectivity index (χ2n) is 10.8. The summed E-state index contributed by atoms with van der Waals surface area (Å²) in [5.74, 6) is 0.669. The molecule has 0 aromatic rings. The molecule has 1 heterocycles. The molecule has 1 fully saturated rings. The van der Waals surface area contributed by atoms with E-state index in [4.69, 9.17) is 0 Å². The molecule has 3 heteroatoms. The van der Waals surface area contributed by atoms with Gasteiger partial charge in [0, 0.05) is 42.9 Å². The Morgan fingerprint density at radius 3 is 1.59 bits per heavy atom. The van der Waals surface area contributed by atoms with Gasteiger partial charge in [-0.1, -0.05) is 100 Å². The van der Waals surface area contributed by atoms with E-state index in [-0.39, 0.29) is 0 Å². The highest BCUT2D eigenvalue weighted by Gasteiger charge is 2.30. The zero-order valence-electron chi connectivity index (χ0n) is 31.4. The first-order valence-corrected chi connectivity index (χ1v) is 15.9. The fourth-order valence-corrected chi connectivity index (χ4v) is 2.74. The van der Waals surface area contributed by atoms with Gasteiger partial charge in [-0.25, -0.2) is 0 Å². The van der Waals surface area contributed by atoms with Crippen molar-refractivity contribution in [1.82, 2.24) is 10.2 Å². The molecule has 1 N–H and O–H groups in total. The highest BCUT2D eigenvalue weighted by Crippen LogP contribution is 2.32. The maximum Gasteiger partial charge on any atom is 0.0390 e. The lowest BCUT2D eigenvalue weighted by Crippen LogP contribution is -2.23. The number of rotatable bonds is 8. The molecule has 0 aromatic carbocycles. The summed E-state index contributed by atoms with van der Waals surface area (Å²) in [6, 6.07) is 0. The SMILES string of the molecule is C=C.C=C(C)/C(=C\C=C(/C)NCC(C)C)N1CCC(C)(C)C1.C=C(C)C.CC.CC.CC=N/C(C)=C\C.CCCC. The summed E-state index contributed by atoms with van der Waals surface area (Å²) in [4.78, 5) is 6.45. The minimum atomic E-state index is 0.420. The number of allylic oxidation sites excluding steroid dienone is 7. The van der Waals surface area contributed by atoms with Crippen LogP contribution in [-0.4, -0.2) is 30.7 Å². The number of nitrogens with zero attached hydrogens (tertiary/aromatic N) is 2. The maximum atomic E-state index is 4.14. The molecule has 41 heavy (non-hydrogen) atoms. The van der Waals surface area contributed by atoms with Crippen LogP contribution in [0.4, 0.5) is 0 Å². The summed E-state index contributed by atoms with van der Waals surface area (Å²) < 4.78 is 0. The molecular weight excluding hydrogens is 498 g/mol. The molecule has 244 valence electrons. The highest BCUT2D eigenvalue weighted by molar-refractivity contribution is 5.55. The average Bonchev–Trinajstić information content (AvgIpc) is 3.30. The van der Waals surface area contributed by atoms with Crippen LogP contribution in [0, 0.1) is 11.3 Å². The summed E-state index contributed by atoms with van der Waals surface area (Å²) in [6.07, 6.45) is 12.0. The van der Waals surface area contributed by atoms with Crippen LogP contribution < -0.4 is 5.32 Å². The number of nitrogens with one attached hydrogen (secondary N) is 1. The van der Waals surface area contributed by atoms with Crippen LogP contribution in [0.1, 0.15) is 137 Å². The van der Waals surface area contributed by atoms with Crippen molar-refractivity contribution < 1.29 is 0 Å². The summed E-state index contributed by atoms with van der Waals surface area (Å²) >= 11 is 0. The molecule has 0 aliphatic carbocycles. The zero-order valence-corrected chi connectivity index (χ0v) is 31.4. The number of aliphatic imine (C=N–C) groups is 1.